The van der Waals surface area contributed by atoms with Crippen molar-refractivity contribution in [2.75, 3.05) is 5.75 Å². The Balaban J connectivity index is 1.25. The molecule has 0 radical (unpaired) electrons. The van der Waals surface area contributed by atoms with Gasteiger partial charge in [0.15, 0.2) is 21.0 Å². The Labute approximate surface area is 218 Å². The molecule has 0 aliphatic rings. The van der Waals surface area contributed by atoms with Crippen LogP contribution in [0.1, 0.15) is 18.1 Å². The summed E-state index contributed by atoms with van der Waals surface area (Å²) in [5.74, 6) is 1.20. The van der Waals surface area contributed by atoms with Gasteiger partial charge in [-0.3, -0.25) is 14.3 Å². The van der Waals surface area contributed by atoms with Crippen molar-refractivity contribution in [3.05, 3.63) is 117 Å². The van der Waals surface area contributed by atoms with E-state index in [0.29, 0.717) is 35.6 Å². The smallest absolute Gasteiger partial charge is 0.330 e. The molecule has 10 heteroatoms. The molecule has 0 atom stereocenters. The number of nitrogens with one attached hydrogen (secondary N) is 1. The molecule has 194 valence electrons. The third-order valence-corrected chi connectivity index (χ3v) is 8.01. The number of aromatic amines is 1. The van der Waals surface area contributed by atoms with Crippen molar-refractivity contribution in [3.8, 4) is 11.5 Å². The molecule has 0 amide bonds. The van der Waals surface area contributed by atoms with E-state index in [1.54, 1.807) is 35.2 Å². The van der Waals surface area contributed by atoms with E-state index in [2.05, 4.69) is 9.97 Å². The summed E-state index contributed by atoms with van der Waals surface area (Å²) in [7, 11) is -3.49. The van der Waals surface area contributed by atoms with Gasteiger partial charge in [0.1, 0.15) is 11.5 Å². The van der Waals surface area contributed by atoms with Gasteiger partial charge in [-0.1, -0.05) is 42.5 Å². The largest absolute Gasteiger partial charge is 0.457 e. The lowest BCUT2D eigenvalue weighted by Crippen LogP contribution is -2.31. The van der Waals surface area contributed by atoms with Crippen molar-refractivity contribution in [1.82, 2.24) is 19.1 Å². The van der Waals surface area contributed by atoms with Gasteiger partial charge in [0.25, 0.3) is 5.56 Å². The Morgan fingerprint density at radius 1 is 0.868 bits per heavy atom. The lowest BCUT2D eigenvalue weighted by atomic mass is 10.1. The zero-order chi connectivity index (χ0) is 26.7. The molecule has 9 nitrogen and oxygen atoms in total. The van der Waals surface area contributed by atoms with E-state index in [1.807, 2.05) is 61.5 Å². The molecule has 0 spiro atoms. The highest BCUT2D eigenvalue weighted by Gasteiger charge is 2.16. The summed E-state index contributed by atoms with van der Waals surface area (Å²) in [6, 6.07) is 23.1. The molecule has 0 unspecified atom stereocenters. The van der Waals surface area contributed by atoms with Crippen LogP contribution in [0.3, 0.4) is 0 Å². The van der Waals surface area contributed by atoms with Crippen LogP contribution in [0.2, 0.25) is 0 Å². The molecule has 0 bridgehead atoms. The molecular formula is C28H26N4O5S. The number of ether oxygens (including phenoxy) is 1. The van der Waals surface area contributed by atoms with Crippen LogP contribution in [0.5, 0.6) is 11.5 Å². The van der Waals surface area contributed by atoms with Crippen molar-refractivity contribution in [3.63, 3.8) is 0 Å². The number of para-hydroxylation sites is 1. The van der Waals surface area contributed by atoms with Gasteiger partial charge in [-0.15, -0.1) is 0 Å². The third-order valence-electron chi connectivity index (χ3n) is 6.28. The minimum Gasteiger partial charge on any atom is -0.457 e. The fraction of sp³-hybridized carbons (Fsp3) is 0.179. The van der Waals surface area contributed by atoms with Gasteiger partial charge in [0.05, 0.1) is 23.5 Å². The normalized spacial score (nSPS) is 11.6. The maximum Gasteiger partial charge on any atom is 0.330 e. The summed E-state index contributed by atoms with van der Waals surface area (Å²) in [5, 5.41) is 0. The molecule has 3 aromatic carbocycles. The molecule has 1 N–H and O–H groups in total. The monoisotopic (exact) mass is 530 g/mol. The Kier molecular flexibility index (Phi) is 6.97. The van der Waals surface area contributed by atoms with Gasteiger partial charge in [-0.05, 0) is 60.9 Å². The van der Waals surface area contributed by atoms with E-state index < -0.39 is 21.1 Å². The molecule has 0 aliphatic carbocycles. The van der Waals surface area contributed by atoms with Crippen molar-refractivity contribution >= 4 is 21.0 Å². The molecule has 0 saturated heterocycles. The van der Waals surface area contributed by atoms with Gasteiger partial charge in [-0.25, -0.2) is 18.2 Å². The van der Waals surface area contributed by atoms with Crippen LogP contribution in [0, 0.1) is 0 Å². The summed E-state index contributed by atoms with van der Waals surface area (Å²) in [6.45, 7) is 2.67. The van der Waals surface area contributed by atoms with Crippen molar-refractivity contribution in [2.24, 2.45) is 0 Å². The summed E-state index contributed by atoms with van der Waals surface area (Å²) in [4.78, 5) is 31.6. The number of nitrogens with zero attached hydrogens (tertiary/aromatic N) is 3. The summed E-state index contributed by atoms with van der Waals surface area (Å²) in [5.41, 5.74) is 1.38. The molecule has 2 aromatic heterocycles. The average Bonchev–Trinajstić information content (AvgIpc) is 3.36. The van der Waals surface area contributed by atoms with Gasteiger partial charge in [-0.2, -0.15) is 0 Å². The number of sulfone groups is 1. The van der Waals surface area contributed by atoms with Gasteiger partial charge in [0, 0.05) is 6.54 Å². The zero-order valence-corrected chi connectivity index (χ0v) is 21.5. The molecule has 0 aliphatic heterocycles. The van der Waals surface area contributed by atoms with Crippen LogP contribution in [0.15, 0.2) is 99.7 Å². The van der Waals surface area contributed by atoms with Crippen LogP contribution >= 0.6 is 0 Å². The van der Waals surface area contributed by atoms with Gasteiger partial charge < -0.3 is 9.30 Å². The second-order valence-electron chi connectivity index (χ2n) is 8.82. The molecule has 38 heavy (non-hydrogen) atoms. The van der Waals surface area contributed by atoms with Crippen LogP contribution in [-0.4, -0.2) is 33.3 Å². The van der Waals surface area contributed by atoms with E-state index in [9.17, 15) is 18.0 Å². The Hall–Kier alpha value is -4.44. The molecule has 0 fully saturated rings. The topological polar surface area (TPSA) is 116 Å². The minimum atomic E-state index is -3.49. The second kappa shape index (κ2) is 10.5. The zero-order valence-electron chi connectivity index (χ0n) is 20.7. The summed E-state index contributed by atoms with van der Waals surface area (Å²) >= 11 is 0. The van der Waals surface area contributed by atoms with E-state index in [-0.39, 0.29) is 17.2 Å². The second-order valence-corrected chi connectivity index (χ2v) is 10.9. The molecular weight excluding hydrogens is 504 g/mol. The molecule has 0 saturated carbocycles. The summed E-state index contributed by atoms with van der Waals surface area (Å²) in [6.07, 6.45) is 1.89. The molecule has 5 aromatic rings. The number of imidazole rings is 1. The number of hydrogen-bond donors (Lipinski definition) is 1. The Morgan fingerprint density at radius 3 is 2.21 bits per heavy atom. The predicted octanol–water partition coefficient (Wildman–Crippen LogP) is 3.76. The number of hydrogen-bond acceptors (Lipinski definition) is 6. The van der Waals surface area contributed by atoms with Crippen molar-refractivity contribution < 1.29 is 13.2 Å². The average molecular weight is 531 g/mol. The van der Waals surface area contributed by atoms with Crippen molar-refractivity contribution in [2.45, 2.75) is 31.3 Å². The predicted molar refractivity (Wildman–Crippen MR) is 145 cm³/mol. The van der Waals surface area contributed by atoms with E-state index >= 15 is 0 Å². The number of benzene rings is 3. The maximum absolute atomic E-state index is 12.9. The Bertz CT molecular complexity index is 1790. The quantitative estimate of drug-likeness (QED) is 0.310. The highest BCUT2D eigenvalue weighted by molar-refractivity contribution is 7.91. The fourth-order valence-electron chi connectivity index (χ4n) is 4.21. The molecule has 5 rings (SSSR count). The first-order valence-corrected chi connectivity index (χ1v) is 13.8. The minimum absolute atomic E-state index is 0.0420. The van der Waals surface area contributed by atoms with E-state index in [0.717, 1.165) is 11.1 Å². The highest BCUT2D eigenvalue weighted by Crippen LogP contribution is 2.23. The van der Waals surface area contributed by atoms with Crippen molar-refractivity contribution in [1.29, 1.82) is 0 Å². The summed E-state index contributed by atoms with van der Waals surface area (Å²) < 4.78 is 34.6. The van der Waals surface area contributed by atoms with Gasteiger partial charge >= 0.3 is 5.69 Å². The van der Waals surface area contributed by atoms with Crippen LogP contribution in [-0.2, 0) is 29.3 Å². The maximum atomic E-state index is 12.9. The SMILES string of the molecule is CCn1cnc2c1c(=O)[nH]c(=O)n2Cc1ccc(CCS(=O)(=O)c2ccc(Oc3ccccc3)cc2)cc1. The first kappa shape index (κ1) is 25.2. The van der Waals surface area contributed by atoms with E-state index in [4.69, 9.17) is 4.74 Å². The standard InChI is InChI=1S/C28H26N4O5S/c1-2-31-19-29-26-25(31)27(33)30-28(34)32(26)18-21-10-8-20(9-11-21)16-17-38(35,36)24-14-12-23(13-15-24)37-22-6-4-3-5-7-22/h3-15,19H,2,16-18H2,1H3,(H,30,33,34). The third kappa shape index (κ3) is 5.30. The van der Waals surface area contributed by atoms with Crippen LogP contribution < -0.4 is 16.0 Å². The number of rotatable bonds is 9. The van der Waals surface area contributed by atoms with E-state index in [1.165, 1.54) is 4.57 Å². The fourth-order valence-corrected chi connectivity index (χ4v) is 5.50. The first-order chi connectivity index (χ1) is 18.3. The lowest BCUT2D eigenvalue weighted by molar-refractivity contribution is 0.482. The first-order valence-electron chi connectivity index (χ1n) is 12.2. The number of aryl methyl sites for hydroxylation is 2. The number of fused-ring (bicyclic) bond motifs is 1. The lowest BCUT2D eigenvalue weighted by Gasteiger charge is -2.09. The van der Waals surface area contributed by atoms with Crippen LogP contribution in [0.25, 0.3) is 11.2 Å². The highest BCUT2D eigenvalue weighted by atomic mass is 32.2. The Morgan fingerprint density at radius 2 is 1.53 bits per heavy atom. The number of aromatic nitrogens is 4. The van der Waals surface area contributed by atoms with Gasteiger partial charge in [0.2, 0.25) is 0 Å². The number of H-pyrrole nitrogens is 1. The van der Waals surface area contributed by atoms with Crippen LogP contribution in [0.4, 0.5) is 0 Å². The molecule has 2 heterocycles.